The number of para-hydroxylation sites is 2. The molecular formula is C24H22N8O6. The zero-order chi connectivity index (χ0) is 27.4. The molecule has 0 radical (unpaired) electrons. The average molecular weight is 518 g/mol. The fourth-order valence-electron chi connectivity index (χ4n) is 3.41. The Hall–Kier alpha value is -5.58. The van der Waals surface area contributed by atoms with Crippen molar-refractivity contribution < 1.29 is 28.9 Å². The summed E-state index contributed by atoms with van der Waals surface area (Å²) in [5.41, 5.74) is 12.2. The molecule has 1 amide bonds. The van der Waals surface area contributed by atoms with E-state index < -0.39 is 24.4 Å². The fraction of sp³-hybridized carbons (Fsp3) is 0.167. The van der Waals surface area contributed by atoms with Crippen molar-refractivity contribution >= 4 is 34.9 Å². The van der Waals surface area contributed by atoms with Gasteiger partial charge in [-0.2, -0.15) is 15.2 Å². The molecule has 3 aromatic rings. The van der Waals surface area contributed by atoms with Crippen molar-refractivity contribution in [3.8, 4) is 35.3 Å². The molecule has 14 nitrogen and oxygen atoms in total. The molecule has 2 heterocycles. The number of hydrogen-bond donors (Lipinski definition) is 4. The van der Waals surface area contributed by atoms with E-state index in [9.17, 15) is 14.9 Å². The predicted octanol–water partition coefficient (Wildman–Crippen LogP) is 2.08. The van der Waals surface area contributed by atoms with Crippen molar-refractivity contribution in [2.45, 2.75) is 12.5 Å². The van der Waals surface area contributed by atoms with Gasteiger partial charge in [0.25, 0.3) is 11.8 Å². The maximum absolute atomic E-state index is 12.6. The summed E-state index contributed by atoms with van der Waals surface area (Å²) in [6, 6.07) is 13.1. The first-order valence-electron chi connectivity index (χ1n) is 11.0. The Labute approximate surface area is 216 Å². The number of hydrogen-bond acceptors (Lipinski definition) is 10. The monoisotopic (exact) mass is 518 g/mol. The third kappa shape index (κ3) is 5.62. The maximum Gasteiger partial charge on any atom is 0.328 e. The summed E-state index contributed by atoms with van der Waals surface area (Å²) in [5.74, 6) is -2.10. The Kier molecular flexibility index (Phi) is 7.10. The van der Waals surface area contributed by atoms with Crippen LogP contribution in [0.15, 0.2) is 47.5 Å². The number of aliphatic imine (C=N–C) groups is 1. The van der Waals surface area contributed by atoms with Crippen molar-refractivity contribution in [2.24, 2.45) is 16.5 Å². The highest BCUT2D eigenvalue weighted by Gasteiger charge is 2.34. The number of carboxylic acids is 1. The lowest BCUT2D eigenvalue weighted by Gasteiger charge is -2.26. The van der Waals surface area contributed by atoms with Gasteiger partial charge in [-0.05, 0) is 24.3 Å². The van der Waals surface area contributed by atoms with E-state index in [0.29, 0.717) is 11.3 Å². The first-order chi connectivity index (χ1) is 18.1. The summed E-state index contributed by atoms with van der Waals surface area (Å²) in [4.78, 5) is 38.0. The lowest BCUT2D eigenvalue weighted by Crippen LogP contribution is -2.39. The molecule has 2 aromatic carbocycles. The molecule has 14 heteroatoms. The van der Waals surface area contributed by atoms with Crippen LogP contribution in [0.25, 0.3) is 0 Å². The van der Waals surface area contributed by atoms with Gasteiger partial charge in [0.15, 0.2) is 29.2 Å². The zero-order valence-electron chi connectivity index (χ0n) is 20.2. The molecule has 1 aliphatic rings. The number of carbonyl (C=O) groups is 2. The summed E-state index contributed by atoms with van der Waals surface area (Å²) in [6.45, 7) is 0. The number of nitrogens with one attached hydrogen (secondary N) is 1. The number of nitrogens with zero attached hydrogens (tertiary/aromatic N) is 5. The second-order valence-electron chi connectivity index (χ2n) is 8.08. The Morgan fingerprint density at radius 2 is 1.97 bits per heavy atom. The van der Waals surface area contributed by atoms with Gasteiger partial charge >= 0.3 is 12.0 Å². The second kappa shape index (κ2) is 10.6. The number of benzene rings is 2. The Morgan fingerprint density at radius 3 is 2.66 bits per heavy atom. The van der Waals surface area contributed by atoms with Gasteiger partial charge in [0.05, 0.1) is 23.7 Å². The number of aromatic nitrogens is 2. The van der Waals surface area contributed by atoms with Crippen molar-refractivity contribution in [3.63, 3.8) is 0 Å². The van der Waals surface area contributed by atoms with Crippen LogP contribution in [0, 0.1) is 11.3 Å². The summed E-state index contributed by atoms with van der Waals surface area (Å²) in [5, 5.41) is 21.1. The van der Waals surface area contributed by atoms with Crippen molar-refractivity contribution in [1.29, 1.82) is 5.26 Å². The summed E-state index contributed by atoms with van der Waals surface area (Å²) >= 11 is 0. The van der Waals surface area contributed by atoms with Crippen LogP contribution >= 0.6 is 0 Å². The molecule has 0 fully saturated rings. The largest absolute Gasteiger partial charge is 0.481 e. The van der Waals surface area contributed by atoms with Gasteiger partial charge in [-0.1, -0.05) is 12.1 Å². The highest BCUT2D eigenvalue weighted by Crippen LogP contribution is 2.42. The molecule has 0 spiro atoms. The average Bonchev–Trinajstić information content (AvgIpc) is 2.85. The number of rotatable bonds is 8. The predicted molar refractivity (Wildman–Crippen MR) is 135 cm³/mol. The molecule has 1 aromatic heterocycles. The topological polar surface area (TPSA) is 211 Å². The quantitative estimate of drug-likeness (QED) is 0.249. The molecular weight excluding hydrogens is 496 g/mol. The molecule has 1 unspecified atom stereocenters. The summed E-state index contributed by atoms with van der Waals surface area (Å²) in [6.07, 6.45) is -1.96. The number of amides is 1. The maximum atomic E-state index is 12.6. The molecule has 0 bridgehead atoms. The van der Waals surface area contributed by atoms with E-state index >= 15 is 0 Å². The van der Waals surface area contributed by atoms with Crippen molar-refractivity contribution in [1.82, 2.24) is 9.97 Å². The van der Waals surface area contributed by atoms with E-state index in [-0.39, 0.29) is 46.6 Å². The van der Waals surface area contributed by atoms with E-state index in [0.717, 1.165) is 0 Å². The summed E-state index contributed by atoms with van der Waals surface area (Å²) in [7, 11) is 3.56. The molecule has 194 valence electrons. The Morgan fingerprint density at radius 1 is 1.21 bits per heavy atom. The first-order valence-corrected chi connectivity index (χ1v) is 11.0. The minimum atomic E-state index is -1.36. The number of guanidine groups is 1. The van der Waals surface area contributed by atoms with Gasteiger partial charge < -0.3 is 41.0 Å². The fourth-order valence-corrected chi connectivity index (χ4v) is 3.41. The van der Waals surface area contributed by atoms with E-state index in [1.807, 2.05) is 6.07 Å². The van der Waals surface area contributed by atoms with E-state index in [1.165, 1.54) is 6.07 Å². The smallest absolute Gasteiger partial charge is 0.328 e. The first kappa shape index (κ1) is 25.5. The highest BCUT2D eigenvalue weighted by molar-refractivity contribution is 6.00. The molecule has 0 saturated heterocycles. The van der Waals surface area contributed by atoms with Crippen LogP contribution in [0.5, 0.6) is 29.3 Å². The van der Waals surface area contributed by atoms with Crippen molar-refractivity contribution in [2.75, 3.05) is 24.3 Å². The third-order valence-corrected chi connectivity index (χ3v) is 5.07. The van der Waals surface area contributed by atoms with Crippen LogP contribution < -0.4 is 35.9 Å². The molecule has 6 N–H and O–H groups in total. The lowest BCUT2D eigenvalue weighted by molar-refractivity contribution is -0.142. The van der Waals surface area contributed by atoms with Gasteiger partial charge in [0, 0.05) is 20.2 Å². The molecule has 0 saturated carbocycles. The van der Waals surface area contributed by atoms with Crippen LogP contribution in [0.4, 0.5) is 17.1 Å². The number of carbonyl (C=O) groups excluding carboxylic acids is 1. The van der Waals surface area contributed by atoms with E-state index in [2.05, 4.69) is 20.3 Å². The number of nitrogens with two attached hydrogens (primary N) is 2. The number of ether oxygens (including phenoxy) is 3. The van der Waals surface area contributed by atoms with Crippen LogP contribution in [-0.2, 0) is 9.59 Å². The standard InChI is InChI=1S/C24H22N8O6/c1-32(2)14-8-7-12(11-25)9-16(14)36-21-19-22(37-17(10-18(33)34)20(35)29-19)31-24(30-21)38-15-6-4-3-5-13(15)28-23(26)27/h3-9,17H,10H2,1-2H3,(H,29,35)(H,33,34)(H4,26,27,28). The van der Waals surface area contributed by atoms with Gasteiger partial charge in [0.2, 0.25) is 5.88 Å². The van der Waals surface area contributed by atoms with Crippen LogP contribution in [0.3, 0.4) is 0 Å². The molecule has 1 atom stereocenters. The number of nitriles is 1. The Balaban J connectivity index is 1.82. The minimum absolute atomic E-state index is 0.0476. The SMILES string of the molecule is CN(C)c1ccc(C#N)cc1Oc1nc(Oc2ccccc2N=C(N)N)nc2c1NC(=O)C(CC(=O)O)O2. The molecule has 1 aliphatic heterocycles. The van der Waals surface area contributed by atoms with Crippen LogP contribution in [0.2, 0.25) is 0 Å². The summed E-state index contributed by atoms with van der Waals surface area (Å²) < 4.78 is 17.5. The number of aliphatic carboxylic acids is 1. The normalized spacial score (nSPS) is 13.7. The van der Waals surface area contributed by atoms with Gasteiger partial charge in [-0.15, -0.1) is 0 Å². The molecule has 38 heavy (non-hydrogen) atoms. The number of carboxylic acid groups (broad SMARTS) is 1. The Bertz CT molecular complexity index is 1480. The molecule has 4 rings (SSSR count). The minimum Gasteiger partial charge on any atom is -0.481 e. The van der Waals surface area contributed by atoms with Crippen molar-refractivity contribution in [3.05, 3.63) is 48.0 Å². The van der Waals surface area contributed by atoms with Gasteiger partial charge in [-0.25, -0.2) is 4.99 Å². The third-order valence-electron chi connectivity index (χ3n) is 5.07. The lowest BCUT2D eigenvalue weighted by atomic mass is 10.2. The van der Waals surface area contributed by atoms with Crippen LogP contribution in [0.1, 0.15) is 12.0 Å². The van der Waals surface area contributed by atoms with E-state index in [1.54, 1.807) is 55.4 Å². The van der Waals surface area contributed by atoms with Gasteiger partial charge in [0.1, 0.15) is 5.69 Å². The van der Waals surface area contributed by atoms with E-state index in [4.69, 9.17) is 30.8 Å². The number of fused-ring (bicyclic) bond motifs is 1. The second-order valence-corrected chi connectivity index (χ2v) is 8.08. The van der Waals surface area contributed by atoms with Gasteiger partial charge in [-0.3, -0.25) is 9.59 Å². The van der Waals surface area contributed by atoms with Crippen LogP contribution in [-0.4, -0.2) is 53.1 Å². The zero-order valence-corrected chi connectivity index (χ0v) is 20.2. The molecule has 0 aliphatic carbocycles. The highest BCUT2D eigenvalue weighted by atomic mass is 16.5. The number of anilines is 2.